The number of hydrogen-bond donors (Lipinski definition) is 0. The van der Waals surface area contributed by atoms with E-state index in [2.05, 4.69) is 75.5 Å². The Labute approximate surface area is 168 Å². The van der Waals surface area contributed by atoms with E-state index in [9.17, 15) is 0 Å². The van der Waals surface area contributed by atoms with E-state index in [1.54, 1.807) is 23.1 Å². The largest absolute Gasteiger partial charge is 0.378 e. The number of hydrogen-bond acceptors (Lipinski definition) is 6. The van der Waals surface area contributed by atoms with Gasteiger partial charge in [0.2, 0.25) is 0 Å². The molecule has 0 radical (unpaired) electrons. The Morgan fingerprint density at radius 1 is 1.22 bits per heavy atom. The SMILES string of the molecule is CN(C)c1ccc(CSc2nnc(-c3cccs3)n2C[C@H]2CCCO2)cc1. The summed E-state index contributed by atoms with van der Waals surface area (Å²) < 4.78 is 8.10. The van der Waals surface area contributed by atoms with E-state index in [0.29, 0.717) is 0 Å². The molecule has 27 heavy (non-hydrogen) atoms. The van der Waals surface area contributed by atoms with Crippen LogP contribution in [-0.2, 0) is 17.0 Å². The highest BCUT2D eigenvalue weighted by Gasteiger charge is 2.22. The van der Waals surface area contributed by atoms with Crippen LogP contribution in [0.1, 0.15) is 18.4 Å². The zero-order valence-corrected chi connectivity index (χ0v) is 17.3. The van der Waals surface area contributed by atoms with Crippen LogP contribution in [0, 0.1) is 0 Å². The molecular weight excluding hydrogens is 376 g/mol. The highest BCUT2D eigenvalue weighted by Crippen LogP contribution is 2.30. The van der Waals surface area contributed by atoms with Crippen molar-refractivity contribution >= 4 is 28.8 Å². The molecule has 3 heterocycles. The molecule has 0 unspecified atom stereocenters. The lowest BCUT2D eigenvalue weighted by molar-refractivity contribution is 0.0953. The van der Waals surface area contributed by atoms with E-state index < -0.39 is 0 Å². The molecule has 0 amide bonds. The molecule has 1 aromatic carbocycles. The van der Waals surface area contributed by atoms with Crippen molar-refractivity contribution in [3.8, 4) is 10.7 Å². The van der Waals surface area contributed by atoms with Crippen LogP contribution in [0.25, 0.3) is 10.7 Å². The van der Waals surface area contributed by atoms with Gasteiger partial charge in [0.15, 0.2) is 11.0 Å². The highest BCUT2D eigenvalue weighted by atomic mass is 32.2. The standard InChI is InChI=1S/C20H24N4OS2/c1-23(2)16-9-7-15(8-10-16)14-27-20-22-21-19(18-6-4-12-26-18)24(20)13-17-5-3-11-25-17/h4,6-10,12,17H,3,5,11,13-14H2,1-2H3/t17-/m1/s1. The summed E-state index contributed by atoms with van der Waals surface area (Å²) in [4.78, 5) is 3.27. The lowest BCUT2D eigenvalue weighted by atomic mass is 10.2. The normalized spacial score (nSPS) is 16.7. The van der Waals surface area contributed by atoms with E-state index >= 15 is 0 Å². The Balaban J connectivity index is 1.52. The smallest absolute Gasteiger partial charge is 0.191 e. The fourth-order valence-corrected chi connectivity index (χ4v) is 4.80. The highest BCUT2D eigenvalue weighted by molar-refractivity contribution is 7.98. The Kier molecular flexibility index (Phi) is 5.80. The molecule has 0 N–H and O–H groups in total. The van der Waals surface area contributed by atoms with E-state index in [4.69, 9.17) is 4.74 Å². The van der Waals surface area contributed by atoms with E-state index in [-0.39, 0.29) is 6.10 Å². The van der Waals surface area contributed by atoms with Crippen molar-refractivity contribution in [3.05, 3.63) is 47.3 Å². The Morgan fingerprint density at radius 3 is 2.74 bits per heavy atom. The number of nitrogens with zero attached hydrogens (tertiary/aromatic N) is 4. The molecule has 4 rings (SSSR count). The number of ether oxygens (including phenoxy) is 1. The van der Waals surface area contributed by atoms with E-state index in [0.717, 1.165) is 47.6 Å². The molecule has 1 saturated heterocycles. The Hall–Kier alpha value is -1.83. The van der Waals surface area contributed by atoms with Gasteiger partial charge in [-0.05, 0) is 42.0 Å². The summed E-state index contributed by atoms with van der Waals surface area (Å²) in [5.41, 5.74) is 2.50. The quantitative estimate of drug-likeness (QED) is 0.545. The molecule has 1 aliphatic heterocycles. The number of aromatic nitrogens is 3. The number of thioether (sulfide) groups is 1. The van der Waals surface area contributed by atoms with Gasteiger partial charge in [0.1, 0.15) is 0 Å². The molecule has 1 fully saturated rings. The van der Waals surface area contributed by atoms with Gasteiger partial charge < -0.3 is 9.64 Å². The zero-order chi connectivity index (χ0) is 18.6. The van der Waals surface area contributed by atoms with Gasteiger partial charge in [-0.2, -0.15) is 0 Å². The minimum absolute atomic E-state index is 0.262. The van der Waals surface area contributed by atoms with Gasteiger partial charge in [-0.3, -0.25) is 4.57 Å². The minimum Gasteiger partial charge on any atom is -0.378 e. The van der Waals surface area contributed by atoms with E-state index in [1.165, 1.54) is 11.3 Å². The average molecular weight is 401 g/mol. The van der Waals surface area contributed by atoms with Gasteiger partial charge >= 0.3 is 0 Å². The van der Waals surface area contributed by atoms with Crippen LogP contribution in [0.3, 0.4) is 0 Å². The van der Waals surface area contributed by atoms with Gasteiger partial charge in [0.05, 0.1) is 17.5 Å². The summed E-state index contributed by atoms with van der Waals surface area (Å²) in [6.45, 7) is 1.68. The fraction of sp³-hybridized carbons (Fsp3) is 0.400. The molecule has 5 nitrogen and oxygen atoms in total. The predicted octanol–water partition coefficient (Wildman–Crippen LogP) is 4.54. The van der Waals surface area contributed by atoms with Crippen LogP contribution in [0.15, 0.2) is 46.9 Å². The van der Waals surface area contributed by atoms with E-state index in [1.807, 2.05) is 0 Å². The molecule has 0 saturated carbocycles. The van der Waals surface area contributed by atoms with Crippen LogP contribution in [0.2, 0.25) is 0 Å². The third-order valence-electron chi connectivity index (χ3n) is 4.69. The first kappa shape index (κ1) is 18.5. The molecule has 0 spiro atoms. The van der Waals surface area contributed by atoms with Gasteiger partial charge in [0, 0.05) is 32.1 Å². The van der Waals surface area contributed by atoms with Crippen molar-refractivity contribution in [2.75, 3.05) is 25.6 Å². The summed E-state index contributed by atoms with van der Waals surface area (Å²) >= 11 is 3.44. The zero-order valence-electron chi connectivity index (χ0n) is 15.7. The maximum absolute atomic E-state index is 5.87. The first-order valence-corrected chi connectivity index (χ1v) is 11.0. The predicted molar refractivity (Wildman–Crippen MR) is 113 cm³/mol. The molecular formula is C20H24N4OS2. The number of rotatable bonds is 7. The van der Waals surface area contributed by atoms with Crippen molar-refractivity contribution < 1.29 is 4.74 Å². The Bertz CT molecular complexity index is 853. The minimum atomic E-state index is 0.262. The first-order valence-electron chi connectivity index (χ1n) is 9.18. The first-order chi connectivity index (χ1) is 13.2. The second kappa shape index (κ2) is 8.46. The van der Waals surface area contributed by atoms with Gasteiger partial charge in [0.25, 0.3) is 0 Å². The summed E-state index contributed by atoms with van der Waals surface area (Å²) in [6, 6.07) is 12.8. The fourth-order valence-electron chi connectivity index (χ4n) is 3.18. The number of benzene rings is 1. The van der Waals surface area contributed by atoms with Crippen LogP contribution in [0.5, 0.6) is 0 Å². The van der Waals surface area contributed by atoms with Crippen molar-refractivity contribution in [1.82, 2.24) is 14.8 Å². The summed E-state index contributed by atoms with van der Waals surface area (Å²) in [6.07, 6.45) is 2.51. The summed E-state index contributed by atoms with van der Waals surface area (Å²) in [5, 5.41) is 12.0. The third kappa shape index (κ3) is 4.36. The third-order valence-corrected chi connectivity index (χ3v) is 6.59. The topological polar surface area (TPSA) is 43.2 Å². The lowest BCUT2D eigenvalue weighted by Crippen LogP contribution is -2.16. The second-order valence-electron chi connectivity index (χ2n) is 6.88. The van der Waals surface area contributed by atoms with Crippen molar-refractivity contribution in [2.45, 2.75) is 36.4 Å². The molecule has 1 atom stereocenters. The van der Waals surface area contributed by atoms with Crippen molar-refractivity contribution in [2.24, 2.45) is 0 Å². The maximum atomic E-state index is 5.87. The van der Waals surface area contributed by atoms with Crippen LogP contribution in [-0.4, -0.2) is 41.6 Å². The molecule has 0 bridgehead atoms. The molecule has 0 aliphatic carbocycles. The second-order valence-corrected chi connectivity index (χ2v) is 8.77. The number of thiophene rings is 1. The molecule has 1 aliphatic rings. The van der Waals surface area contributed by atoms with Gasteiger partial charge in [-0.1, -0.05) is 30.0 Å². The average Bonchev–Trinajstić information content (AvgIpc) is 3.43. The molecule has 3 aromatic rings. The van der Waals surface area contributed by atoms with Crippen LogP contribution < -0.4 is 4.90 Å². The monoisotopic (exact) mass is 400 g/mol. The van der Waals surface area contributed by atoms with Crippen molar-refractivity contribution in [3.63, 3.8) is 0 Å². The maximum Gasteiger partial charge on any atom is 0.191 e. The molecule has 2 aromatic heterocycles. The summed E-state index contributed by atoms with van der Waals surface area (Å²) in [7, 11) is 4.12. The lowest BCUT2D eigenvalue weighted by Gasteiger charge is -2.14. The molecule has 142 valence electrons. The molecule has 7 heteroatoms. The van der Waals surface area contributed by atoms with Crippen molar-refractivity contribution in [1.29, 1.82) is 0 Å². The van der Waals surface area contributed by atoms with Gasteiger partial charge in [-0.15, -0.1) is 21.5 Å². The summed E-state index contributed by atoms with van der Waals surface area (Å²) in [5.74, 6) is 1.83. The number of anilines is 1. The van der Waals surface area contributed by atoms with Gasteiger partial charge in [-0.25, -0.2) is 0 Å². The Morgan fingerprint density at radius 2 is 2.07 bits per heavy atom. The van der Waals surface area contributed by atoms with Crippen LogP contribution >= 0.6 is 23.1 Å². The van der Waals surface area contributed by atoms with Crippen LogP contribution in [0.4, 0.5) is 5.69 Å².